The van der Waals surface area contributed by atoms with Gasteiger partial charge in [-0.05, 0) is 29.3 Å². The number of carbonyl (C=O) groups is 1. The molecule has 1 aromatic heterocycles. The van der Waals surface area contributed by atoms with Crippen LogP contribution in [-0.4, -0.2) is 17.5 Å². The average molecular weight is 391 g/mol. The molecule has 134 valence electrons. The Morgan fingerprint density at radius 1 is 1.23 bits per heavy atom. The summed E-state index contributed by atoms with van der Waals surface area (Å²) < 4.78 is 18.6. The maximum atomic E-state index is 13.2. The molecule has 0 fully saturated rings. The summed E-state index contributed by atoms with van der Waals surface area (Å²) in [7, 11) is 0. The van der Waals surface area contributed by atoms with E-state index in [1.807, 2.05) is 24.3 Å². The number of halogens is 2. The number of ether oxygens (including phenoxy) is 1. The third-order valence-electron chi connectivity index (χ3n) is 3.52. The molecule has 0 aliphatic heterocycles. The molecule has 0 aliphatic rings. The van der Waals surface area contributed by atoms with Crippen molar-refractivity contribution in [3.05, 3.63) is 81.6 Å². The molecule has 0 saturated heterocycles. The minimum Gasteiger partial charge on any atom is -0.367 e. The van der Waals surface area contributed by atoms with Gasteiger partial charge in [0.1, 0.15) is 12.4 Å². The summed E-state index contributed by atoms with van der Waals surface area (Å²) in [5.74, 6) is -0.556. The van der Waals surface area contributed by atoms with Crippen molar-refractivity contribution in [2.45, 2.75) is 13.0 Å². The lowest BCUT2D eigenvalue weighted by Crippen LogP contribution is -2.18. The van der Waals surface area contributed by atoms with Gasteiger partial charge in [0.05, 0.1) is 6.61 Å². The summed E-state index contributed by atoms with van der Waals surface area (Å²) in [5, 5.41) is 3.79. The quantitative estimate of drug-likeness (QED) is 0.637. The van der Waals surface area contributed by atoms with E-state index in [0.717, 1.165) is 16.0 Å². The third kappa shape index (κ3) is 5.36. The van der Waals surface area contributed by atoms with Crippen LogP contribution in [0.2, 0.25) is 5.02 Å². The second-order valence-electron chi connectivity index (χ2n) is 5.57. The van der Waals surface area contributed by atoms with Crippen molar-refractivity contribution in [1.29, 1.82) is 0 Å². The van der Waals surface area contributed by atoms with Gasteiger partial charge < -0.3 is 4.74 Å². The van der Waals surface area contributed by atoms with Gasteiger partial charge in [0, 0.05) is 22.5 Å². The van der Waals surface area contributed by atoms with Crippen LogP contribution in [0.15, 0.2) is 54.7 Å². The lowest BCUT2D eigenvalue weighted by molar-refractivity contribution is -0.121. The summed E-state index contributed by atoms with van der Waals surface area (Å²) in [5.41, 5.74) is 1.68. The van der Waals surface area contributed by atoms with Crippen LogP contribution in [0.1, 0.15) is 16.0 Å². The fraction of sp³-hybridized carbons (Fsp3) is 0.158. The van der Waals surface area contributed by atoms with Gasteiger partial charge in [0.2, 0.25) is 0 Å². The van der Waals surface area contributed by atoms with Crippen LogP contribution in [0.3, 0.4) is 0 Å². The van der Waals surface area contributed by atoms with Gasteiger partial charge in [-0.25, -0.2) is 9.37 Å². The van der Waals surface area contributed by atoms with Crippen LogP contribution < -0.4 is 5.32 Å². The Bertz CT molecular complexity index is 901. The molecular formula is C19H16ClFN2O2S. The molecule has 0 aliphatic carbocycles. The number of amides is 1. The Morgan fingerprint density at radius 3 is 2.88 bits per heavy atom. The van der Waals surface area contributed by atoms with Gasteiger partial charge in [0.25, 0.3) is 5.91 Å². The number of nitrogens with zero attached hydrogens (tertiary/aromatic N) is 1. The number of nitrogens with one attached hydrogen (secondary N) is 1. The molecule has 1 amide bonds. The second kappa shape index (κ2) is 8.89. The van der Waals surface area contributed by atoms with Crippen molar-refractivity contribution in [2.24, 2.45) is 0 Å². The molecule has 0 radical (unpaired) electrons. The van der Waals surface area contributed by atoms with Crippen molar-refractivity contribution in [3.63, 3.8) is 0 Å². The van der Waals surface area contributed by atoms with Crippen LogP contribution in [0.5, 0.6) is 0 Å². The smallest absolute Gasteiger partial charge is 0.252 e. The van der Waals surface area contributed by atoms with Gasteiger partial charge >= 0.3 is 0 Å². The number of rotatable bonds is 7. The molecular weight excluding hydrogens is 375 g/mol. The first-order valence-electron chi connectivity index (χ1n) is 7.90. The number of hydrogen-bond acceptors (Lipinski definition) is 4. The number of hydrogen-bond donors (Lipinski definition) is 1. The molecule has 0 spiro atoms. The Kier molecular flexibility index (Phi) is 6.33. The number of carbonyl (C=O) groups excluding carboxylic acids is 1. The highest BCUT2D eigenvalue weighted by atomic mass is 35.5. The van der Waals surface area contributed by atoms with E-state index in [1.54, 1.807) is 18.3 Å². The normalized spacial score (nSPS) is 10.7. The number of benzene rings is 2. The molecule has 7 heteroatoms. The van der Waals surface area contributed by atoms with Gasteiger partial charge in [-0.1, -0.05) is 41.9 Å². The highest BCUT2D eigenvalue weighted by Gasteiger charge is 2.08. The first-order chi connectivity index (χ1) is 12.6. The van der Waals surface area contributed by atoms with E-state index >= 15 is 0 Å². The maximum absolute atomic E-state index is 13.2. The van der Waals surface area contributed by atoms with Crippen molar-refractivity contribution in [3.8, 4) is 0 Å². The van der Waals surface area contributed by atoms with Crippen LogP contribution in [0.25, 0.3) is 0 Å². The van der Waals surface area contributed by atoms with Crippen LogP contribution in [0, 0.1) is 5.82 Å². The monoisotopic (exact) mass is 390 g/mol. The van der Waals surface area contributed by atoms with Gasteiger partial charge in [0.15, 0.2) is 5.13 Å². The Labute approximate surface area is 159 Å². The fourth-order valence-electron chi connectivity index (χ4n) is 2.32. The summed E-state index contributed by atoms with van der Waals surface area (Å²) >= 11 is 7.39. The summed E-state index contributed by atoms with van der Waals surface area (Å²) in [6.45, 7) is 0.166. The molecule has 0 atom stereocenters. The standard InChI is InChI=1S/C19H16ClFN2O2S/c20-17-7-2-1-5-14(17)11-25-12-18(24)23-19-22-10-16(26-19)9-13-4-3-6-15(21)8-13/h1-8,10H,9,11-12H2,(H,22,23,24). The molecule has 0 saturated carbocycles. The highest BCUT2D eigenvalue weighted by Crippen LogP contribution is 2.21. The number of thiazole rings is 1. The zero-order valence-electron chi connectivity index (χ0n) is 13.7. The Balaban J connectivity index is 1.47. The van der Waals surface area contributed by atoms with Gasteiger partial charge in [-0.2, -0.15) is 0 Å². The third-order valence-corrected chi connectivity index (χ3v) is 4.80. The Hall–Kier alpha value is -2.28. The van der Waals surface area contributed by atoms with E-state index in [9.17, 15) is 9.18 Å². The molecule has 4 nitrogen and oxygen atoms in total. The average Bonchev–Trinajstić information content (AvgIpc) is 3.03. The minimum absolute atomic E-state index is 0.0932. The van der Waals surface area contributed by atoms with E-state index in [-0.39, 0.29) is 24.9 Å². The predicted octanol–water partition coefficient (Wildman–Crippen LogP) is 4.68. The highest BCUT2D eigenvalue weighted by molar-refractivity contribution is 7.15. The van der Waals surface area contributed by atoms with Crippen LogP contribution >= 0.6 is 22.9 Å². The molecule has 0 unspecified atom stereocenters. The molecule has 3 aromatic rings. The van der Waals surface area contributed by atoms with Crippen molar-refractivity contribution in [2.75, 3.05) is 11.9 Å². The molecule has 1 heterocycles. The SMILES string of the molecule is O=C(COCc1ccccc1Cl)Nc1ncc(Cc2cccc(F)c2)s1. The number of anilines is 1. The molecule has 0 bridgehead atoms. The first kappa shape index (κ1) is 18.5. The fourth-order valence-corrected chi connectivity index (χ4v) is 3.37. The molecule has 2 aromatic carbocycles. The van der Waals surface area contributed by atoms with E-state index < -0.39 is 0 Å². The Morgan fingerprint density at radius 2 is 2.08 bits per heavy atom. The van der Waals surface area contributed by atoms with E-state index in [2.05, 4.69) is 10.3 Å². The topological polar surface area (TPSA) is 51.2 Å². The van der Waals surface area contributed by atoms with E-state index in [1.165, 1.54) is 23.5 Å². The molecule has 26 heavy (non-hydrogen) atoms. The summed E-state index contributed by atoms with van der Waals surface area (Å²) in [4.78, 5) is 17.1. The van der Waals surface area contributed by atoms with Gasteiger partial charge in [-0.3, -0.25) is 10.1 Å². The van der Waals surface area contributed by atoms with Crippen molar-refractivity contribution < 1.29 is 13.9 Å². The lowest BCUT2D eigenvalue weighted by atomic mass is 10.1. The summed E-state index contributed by atoms with van der Waals surface area (Å²) in [6.07, 6.45) is 2.24. The predicted molar refractivity (Wildman–Crippen MR) is 101 cm³/mol. The summed E-state index contributed by atoms with van der Waals surface area (Å²) in [6, 6.07) is 13.7. The van der Waals surface area contributed by atoms with E-state index in [0.29, 0.717) is 16.6 Å². The van der Waals surface area contributed by atoms with Crippen molar-refractivity contribution in [1.82, 2.24) is 4.98 Å². The maximum Gasteiger partial charge on any atom is 0.252 e. The van der Waals surface area contributed by atoms with Crippen LogP contribution in [-0.2, 0) is 22.6 Å². The van der Waals surface area contributed by atoms with Gasteiger partial charge in [-0.15, -0.1) is 11.3 Å². The zero-order chi connectivity index (χ0) is 18.4. The first-order valence-corrected chi connectivity index (χ1v) is 9.10. The molecule has 1 N–H and O–H groups in total. The second-order valence-corrected chi connectivity index (χ2v) is 7.09. The van der Waals surface area contributed by atoms with Crippen LogP contribution in [0.4, 0.5) is 9.52 Å². The molecule has 3 rings (SSSR count). The number of aromatic nitrogens is 1. The largest absolute Gasteiger partial charge is 0.367 e. The lowest BCUT2D eigenvalue weighted by Gasteiger charge is -2.05. The van der Waals surface area contributed by atoms with E-state index in [4.69, 9.17) is 16.3 Å². The van der Waals surface area contributed by atoms with Crippen molar-refractivity contribution >= 4 is 34.0 Å². The zero-order valence-corrected chi connectivity index (χ0v) is 15.3. The minimum atomic E-state index is -0.288.